The lowest BCUT2D eigenvalue weighted by atomic mass is 9.46. The Bertz CT molecular complexity index is 818. The standard InChI is InChI=1S/C26H39NO3/c1-16(2)11-13-27-20-14-21(28)24(30)19(23(20)29)15-26(6)18(4)10-12-25(5)17(3)8-7-9-22(25)26/h8,14,16,18,22,27,29H,7,9-13,15H2,1-6H3. The number of hydrogen-bond acceptors (Lipinski definition) is 4. The Labute approximate surface area is 181 Å². The highest BCUT2D eigenvalue weighted by molar-refractivity contribution is 6.48. The number of aliphatic hydroxyl groups is 1. The third-order valence-electron chi connectivity index (χ3n) is 8.50. The lowest BCUT2D eigenvalue weighted by Crippen LogP contribution is -2.50. The number of hydrogen-bond donors (Lipinski definition) is 2. The van der Waals surface area contributed by atoms with Gasteiger partial charge in [0.05, 0.1) is 5.70 Å². The van der Waals surface area contributed by atoms with Crippen LogP contribution in [0.25, 0.3) is 0 Å². The summed E-state index contributed by atoms with van der Waals surface area (Å²) in [4.78, 5) is 25.3. The summed E-state index contributed by atoms with van der Waals surface area (Å²) in [6.07, 6.45) is 9.46. The Morgan fingerprint density at radius 2 is 1.93 bits per heavy atom. The van der Waals surface area contributed by atoms with Gasteiger partial charge in [-0.15, -0.1) is 0 Å². The van der Waals surface area contributed by atoms with Crippen LogP contribution in [0.15, 0.2) is 34.8 Å². The molecule has 0 aromatic carbocycles. The highest BCUT2D eigenvalue weighted by Gasteiger charge is 2.54. The van der Waals surface area contributed by atoms with E-state index >= 15 is 0 Å². The first-order valence-corrected chi connectivity index (χ1v) is 11.6. The number of allylic oxidation sites excluding steroid dienone is 4. The van der Waals surface area contributed by atoms with E-state index in [2.05, 4.69) is 52.9 Å². The van der Waals surface area contributed by atoms with Crippen molar-refractivity contribution in [1.82, 2.24) is 5.32 Å². The molecule has 166 valence electrons. The van der Waals surface area contributed by atoms with E-state index in [4.69, 9.17) is 0 Å². The summed E-state index contributed by atoms with van der Waals surface area (Å²) >= 11 is 0. The minimum Gasteiger partial charge on any atom is -0.505 e. The van der Waals surface area contributed by atoms with E-state index in [1.807, 2.05) is 0 Å². The van der Waals surface area contributed by atoms with Crippen LogP contribution in [0.2, 0.25) is 0 Å². The van der Waals surface area contributed by atoms with Gasteiger partial charge in [0.15, 0.2) is 0 Å². The van der Waals surface area contributed by atoms with Crippen molar-refractivity contribution < 1.29 is 14.7 Å². The Morgan fingerprint density at radius 1 is 1.23 bits per heavy atom. The summed E-state index contributed by atoms with van der Waals surface area (Å²) in [6, 6.07) is 0. The van der Waals surface area contributed by atoms with Crippen LogP contribution in [0, 0.1) is 28.6 Å². The van der Waals surface area contributed by atoms with Crippen molar-refractivity contribution in [2.45, 2.75) is 80.1 Å². The molecule has 0 amide bonds. The number of ketones is 2. The van der Waals surface area contributed by atoms with E-state index in [1.54, 1.807) is 0 Å². The molecule has 0 aromatic rings. The van der Waals surface area contributed by atoms with Gasteiger partial charge in [-0.25, -0.2) is 0 Å². The van der Waals surface area contributed by atoms with Gasteiger partial charge in [0.1, 0.15) is 5.76 Å². The monoisotopic (exact) mass is 413 g/mol. The third-order valence-corrected chi connectivity index (χ3v) is 8.50. The van der Waals surface area contributed by atoms with E-state index in [0.717, 1.165) is 32.1 Å². The molecule has 0 heterocycles. The Morgan fingerprint density at radius 3 is 2.60 bits per heavy atom. The van der Waals surface area contributed by atoms with Crippen LogP contribution in [0.5, 0.6) is 0 Å². The van der Waals surface area contributed by atoms with Gasteiger partial charge in [0, 0.05) is 18.2 Å². The molecule has 1 saturated carbocycles. The van der Waals surface area contributed by atoms with Crippen molar-refractivity contribution in [2.24, 2.45) is 28.6 Å². The number of carbonyl (C=O) groups is 2. The second-order valence-electron chi connectivity index (χ2n) is 10.7. The molecule has 4 nitrogen and oxygen atoms in total. The zero-order chi connectivity index (χ0) is 22.3. The fraction of sp³-hybridized carbons (Fsp3) is 0.692. The molecule has 3 rings (SSSR count). The SMILES string of the molecule is CC1=CCCC2C1(C)CCC(C)C2(C)CC1=C(O)C(NCCC(C)C)=CC(=O)C1=O. The van der Waals surface area contributed by atoms with Crippen molar-refractivity contribution in [3.05, 3.63) is 34.8 Å². The summed E-state index contributed by atoms with van der Waals surface area (Å²) in [6.45, 7) is 14.1. The van der Waals surface area contributed by atoms with Crippen LogP contribution < -0.4 is 5.32 Å². The molecule has 4 unspecified atom stereocenters. The third kappa shape index (κ3) is 3.90. The lowest BCUT2D eigenvalue weighted by molar-refractivity contribution is -0.132. The average molecular weight is 414 g/mol. The highest BCUT2D eigenvalue weighted by atomic mass is 16.3. The van der Waals surface area contributed by atoms with Gasteiger partial charge < -0.3 is 10.4 Å². The molecule has 4 atom stereocenters. The summed E-state index contributed by atoms with van der Waals surface area (Å²) in [7, 11) is 0. The Kier molecular flexibility index (Phi) is 6.36. The lowest BCUT2D eigenvalue weighted by Gasteiger charge is -2.58. The number of aliphatic hydroxyl groups excluding tert-OH is 1. The first kappa shape index (κ1) is 22.8. The topological polar surface area (TPSA) is 66.4 Å². The van der Waals surface area contributed by atoms with Gasteiger partial charge in [0.25, 0.3) is 0 Å². The highest BCUT2D eigenvalue weighted by Crippen LogP contribution is 2.62. The van der Waals surface area contributed by atoms with Crippen molar-refractivity contribution in [2.75, 3.05) is 6.54 Å². The quantitative estimate of drug-likeness (QED) is 0.335. The van der Waals surface area contributed by atoms with Crippen molar-refractivity contribution >= 4 is 11.6 Å². The van der Waals surface area contributed by atoms with Gasteiger partial charge in [-0.05, 0) is 74.0 Å². The predicted octanol–water partition coefficient (Wildman–Crippen LogP) is 5.66. The second-order valence-corrected chi connectivity index (χ2v) is 10.7. The zero-order valence-corrected chi connectivity index (χ0v) is 19.6. The van der Waals surface area contributed by atoms with Crippen LogP contribution in [0.3, 0.4) is 0 Å². The predicted molar refractivity (Wildman–Crippen MR) is 121 cm³/mol. The molecule has 4 heteroatoms. The number of rotatable bonds is 6. The molecule has 0 aliphatic heterocycles. The van der Waals surface area contributed by atoms with Crippen LogP contribution in [-0.4, -0.2) is 23.2 Å². The minimum atomic E-state index is -0.536. The molecule has 3 aliphatic rings. The van der Waals surface area contributed by atoms with Gasteiger partial charge in [-0.1, -0.05) is 46.3 Å². The fourth-order valence-corrected chi connectivity index (χ4v) is 6.07. The number of Topliss-reactive ketones (excluding diaryl/α,β-unsaturated/α-hetero) is 1. The summed E-state index contributed by atoms with van der Waals surface area (Å²) in [5.41, 5.74) is 2.16. The minimum absolute atomic E-state index is 0.0212. The summed E-state index contributed by atoms with van der Waals surface area (Å²) in [5, 5.41) is 14.2. The van der Waals surface area contributed by atoms with E-state index in [1.165, 1.54) is 11.6 Å². The van der Waals surface area contributed by atoms with Crippen LogP contribution >= 0.6 is 0 Å². The molecule has 1 fully saturated rings. The van der Waals surface area contributed by atoms with Crippen molar-refractivity contribution in [1.29, 1.82) is 0 Å². The maximum atomic E-state index is 12.8. The number of fused-ring (bicyclic) bond motifs is 1. The van der Waals surface area contributed by atoms with E-state index in [-0.39, 0.29) is 16.6 Å². The molecule has 0 aromatic heterocycles. The van der Waals surface area contributed by atoms with Crippen LogP contribution in [-0.2, 0) is 9.59 Å². The van der Waals surface area contributed by atoms with Gasteiger partial charge in [-0.3, -0.25) is 9.59 Å². The number of carbonyl (C=O) groups excluding carboxylic acids is 2. The molecule has 0 radical (unpaired) electrons. The molecule has 2 N–H and O–H groups in total. The smallest absolute Gasteiger partial charge is 0.232 e. The maximum Gasteiger partial charge on any atom is 0.232 e. The maximum absolute atomic E-state index is 12.8. The molecular formula is C26H39NO3. The normalized spacial score (nSPS) is 34.6. The van der Waals surface area contributed by atoms with E-state index < -0.39 is 11.6 Å². The summed E-state index contributed by atoms with van der Waals surface area (Å²) < 4.78 is 0. The molecule has 30 heavy (non-hydrogen) atoms. The fourth-order valence-electron chi connectivity index (χ4n) is 6.07. The largest absolute Gasteiger partial charge is 0.505 e. The zero-order valence-electron chi connectivity index (χ0n) is 19.6. The Hall–Kier alpha value is -1.84. The summed E-state index contributed by atoms with van der Waals surface area (Å²) in [5.74, 6) is 0.298. The van der Waals surface area contributed by atoms with Crippen molar-refractivity contribution in [3.8, 4) is 0 Å². The average Bonchev–Trinajstić information content (AvgIpc) is 2.68. The number of nitrogens with one attached hydrogen (secondary N) is 1. The van der Waals surface area contributed by atoms with Gasteiger partial charge >= 0.3 is 0 Å². The van der Waals surface area contributed by atoms with Crippen LogP contribution in [0.4, 0.5) is 0 Å². The van der Waals surface area contributed by atoms with Crippen molar-refractivity contribution in [3.63, 3.8) is 0 Å². The Balaban J connectivity index is 1.93. The second kappa shape index (κ2) is 8.36. The van der Waals surface area contributed by atoms with Crippen LogP contribution in [0.1, 0.15) is 80.1 Å². The van der Waals surface area contributed by atoms with E-state index in [9.17, 15) is 14.7 Å². The molecule has 0 spiro atoms. The van der Waals surface area contributed by atoms with E-state index in [0.29, 0.717) is 42.0 Å². The first-order valence-electron chi connectivity index (χ1n) is 11.6. The molecular weight excluding hydrogens is 374 g/mol. The first-order chi connectivity index (χ1) is 14.0. The van der Waals surface area contributed by atoms with Gasteiger partial charge in [-0.2, -0.15) is 0 Å². The molecule has 0 bridgehead atoms. The molecule has 3 aliphatic carbocycles. The van der Waals surface area contributed by atoms with Gasteiger partial charge in [0.2, 0.25) is 11.6 Å². The molecule has 0 saturated heterocycles.